The van der Waals surface area contributed by atoms with Crippen molar-refractivity contribution in [2.45, 2.75) is 19.7 Å². The zero-order chi connectivity index (χ0) is 29.9. The molecule has 1 aromatic heterocycles. The van der Waals surface area contributed by atoms with E-state index in [9.17, 15) is 22.8 Å². The first-order valence-corrected chi connectivity index (χ1v) is 13.8. The summed E-state index contributed by atoms with van der Waals surface area (Å²) in [4.78, 5) is 34.4. The molecule has 0 radical (unpaired) electrons. The zero-order valence-corrected chi connectivity index (χ0v) is 23.4. The number of amides is 2. The third-order valence-electron chi connectivity index (χ3n) is 5.95. The Morgan fingerprint density at radius 1 is 1.10 bits per heavy atom. The lowest BCUT2D eigenvalue weighted by Gasteiger charge is -2.17. The van der Waals surface area contributed by atoms with Crippen LogP contribution in [0.5, 0.6) is 5.75 Å². The number of ether oxygens (including phenoxy) is 2. The van der Waals surface area contributed by atoms with Gasteiger partial charge in [-0.05, 0) is 54.4 Å². The van der Waals surface area contributed by atoms with E-state index < -0.39 is 12.5 Å². The van der Waals surface area contributed by atoms with E-state index in [1.54, 1.807) is 12.1 Å². The Kier molecular flexibility index (Phi) is 8.50. The SMILES string of the molecule is Cc1ccc(Cl)c(N2C(=O)CSC2=NC(=O)OCCc2ccc(-c3ncn(-c4ccc(OC(F)(F)F)cc4)n3)cc2)c1. The number of carbonyl (C=O) groups excluding carboxylic acids is 2. The van der Waals surface area contributed by atoms with Crippen molar-refractivity contribution in [1.82, 2.24) is 14.8 Å². The fraction of sp³-hybridized carbons (Fsp3) is 0.179. The third kappa shape index (κ3) is 7.09. The molecule has 14 heteroatoms. The number of carbonyl (C=O) groups is 2. The van der Waals surface area contributed by atoms with Gasteiger partial charge in [-0.15, -0.1) is 18.3 Å². The molecule has 0 saturated carbocycles. The van der Waals surface area contributed by atoms with Crippen LogP contribution >= 0.6 is 23.4 Å². The molecule has 2 amide bonds. The fourth-order valence-electron chi connectivity index (χ4n) is 3.98. The Morgan fingerprint density at radius 2 is 1.83 bits per heavy atom. The van der Waals surface area contributed by atoms with Crippen molar-refractivity contribution < 1.29 is 32.2 Å². The van der Waals surface area contributed by atoms with Gasteiger partial charge in [0.25, 0.3) is 0 Å². The number of alkyl halides is 3. The lowest BCUT2D eigenvalue weighted by atomic mass is 10.1. The smallest absolute Gasteiger partial charge is 0.448 e. The maximum atomic E-state index is 12.5. The van der Waals surface area contributed by atoms with Crippen LogP contribution in [0.25, 0.3) is 17.1 Å². The standard InChI is InChI=1S/C28H21ClF3N5O4S/c1-17-2-11-22(29)23(14-17)37-24(38)15-42-26(37)34-27(39)40-13-12-18-3-5-19(6-4-18)25-33-16-36(35-25)20-7-9-21(10-8-20)41-28(30,31)32/h2-11,14,16H,12-13,15H2,1H3. The lowest BCUT2D eigenvalue weighted by molar-refractivity contribution is -0.274. The number of aryl methyl sites for hydroxylation is 1. The van der Waals surface area contributed by atoms with Crippen molar-refractivity contribution in [1.29, 1.82) is 0 Å². The van der Waals surface area contributed by atoms with Gasteiger partial charge in [0.15, 0.2) is 11.0 Å². The Morgan fingerprint density at radius 3 is 2.55 bits per heavy atom. The molecule has 0 aliphatic carbocycles. The quantitative estimate of drug-likeness (QED) is 0.231. The number of aliphatic imine (C=N–C) groups is 1. The van der Waals surface area contributed by atoms with Crippen LogP contribution in [0.1, 0.15) is 11.1 Å². The minimum absolute atomic E-state index is 0.0691. The van der Waals surface area contributed by atoms with Gasteiger partial charge >= 0.3 is 12.5 Å². The zero-order valence-electron chi connectivity index (χ0n) is 21.8. The predicted octanol–water partition coefficient (Wildman–Crippen LogP) is 6.61. The van der Waals surface area contributed by atoms with Crippen LogP contribution in [0, 0.1) is 6.92 Å². The molecule has 42 heavy (non-hydrogen) atoms. The molecule has 4 aromatic rings. The average Bonchev–Trinajstić information content (AvgIpc) is 3.57. The van der Waals surface area contributed by atoms with Crippen molar-refractivity contribution in [3.05, 3.63) is 89.2 Å². The minimum atomic E-state index is -4.76. The van der Waals surface area contributed by atoms with Gasteiger partial charge in [0.1, 0.15) is 12.1 Å². The number of thioether (sulfide) groups is 1. The van der Waals surface area contributed by atoms with Crippen LogP contribution in [0.3, 0.4) is 0 Å². The number of benzene rings is 3. The molecule has 3 aromatic carbocycles. The first-order valence-electron chi connectivity index (χ1n) is 12.4. The number of amidine groups is 1. The molecule has 9 nitrogen and oxygen atoms in total. The molecule has 0 atom stereocenters. The van der Waals surface area contributed by atoms with E-state index in [1.807, 2.05) is 37.3 Å². The summed E-state index contributed by atoms with van der Waals surface area (Å²) in [6.45, 7) is 1.94. The highest BCUT2D eigenvalue weighted by atomic mass is 35.5. The summed E-state index contributed by atoms with van der Waals surface area (Å²) in [7, 11) is 0. The van der Waals surface area contributed by atoms with Crippen molar-refractivity contribution in [3.63, 3.8) is 0 Å². The van der Waals surface area contributed by atoms with E-state index in [2.05, 4.69) is 19.8 Å². The Balaban J connectivity index is 1.16. The number of aromatic nitrogens is 3. The fourth-order valence-corrected chi connectivity index (χ4v) is 5.04. The van der Waals surface area contributed by atoms with Gasteiger partial charge in [0, 0.05) is 12.0 Å². The first kappa shape index (κ1) is 29.1. The van der Waals surface area contributed by atoms with Crippen LogP contribution in [0.2, 0.25) is 5.02 Å². The number of hydrogen-bond acceptors (Lipinski definition) is 7. The molecule has 5 rings (SSSR count). The first-order chi connectivity index (χ1) is 20.1. The topological polar surface area (TPSA) is 98.9 Å². The highest BCUT2D eigenvalue weighted by molar-refractivity contribution is 8.15. The lowest BCUT2D eigenvalue weighted by Crippen LogP contribution is -2.30. The van der Waals surface area contributed by atoms with Crippen LogP contribution in [-0.2, 0) is 16.0 Å². The molecule has 1 aliphatic rings. The molecule has 216 valence electrons. The van der Waals surface area contributed by atoms with Crippen LogP contribution < -0.4 is 9.64 Å². The van der Waals surface area contributed by atoms with Crippen molar-refractivity contribution in [2.24, 2.45) is 4.99 Å². The van der Waals surface area contributed by atoms with E-state index >= 15 is 0 Å². The largest absolute Gasteiger partial charge is 0.573 e. The normalized spacial score (nSPS) is 14.5. The van der Waals surface area contributed by atoms with E-state index in [1.165, 1.54) is 40.2 Å². The minimum Gasteiger partial charge on any atom is -0.448 e. The number of rotatable bonds is 7. The van der Waals surface area contributed by atoms with Crippen LogP contribution in [0.15, 0.2) is 78.0 Å². The van der Waals surface area contributed by atoms with Gasteiger partial charge in [0.05, 0.1) is 28.8 Å². The number of hydrogen-bond donors (Lipinski definition) is 0. The van der Waals surface area contributed by atoms with Gasteiger partial charge in [-0.1, -0.05) is 53.7 Å². The third-order valence-corrected chi connectivity index (χ3v) is 7.19. The second kappa shape index (κ2) is 12.2. The van der Waals surface area contributed by atoms with E-state index in [-0.39, 0.29) is 29.2 Å². The van der Waals surface area contributed by atoms with Gasteiger partial charge in [-0.2, -0.15) is 4.99 Å². The van der Waals surface area contributed by atoms with Crippen molar-refractivity contribution in [2.75, 3.05) is 17.3 Å². The summed E-state index contributed by atoms with van der Waals surface area (Å²) in [5.74, 6) is -0.00545. The Hall–Kier alpha value is -4.36. The summed E-state index contributed by atoms with van der Waals surface area (Å²) < 4.78 is 47.7. The Bertz CT molecular complexity index is 1640. The monoisotopic (exact) mass is 615 g/mol. The molecule has 0 spiro atoms. The summed E-state index contributed by atoms with van der Waals surface area (Å²) in [5.41, 5.74) is 3.49. The maximum Gasteiger partial charge on any atom is 0.573 e. The molecule has 1 fully saturated rings. The average molecular weight is 616 g/mol. The highest BCUT2D eigenvalue weighted by Crippen LogP contribution is 2.33. The van der Waals surface area contributed by atoms with Gasteiger partial charge in [-0.3, -0.25) is 9.69 Å². The molecule has 0 N–H and O–H groups in total. The number of halogens is 4. The molecule has 0 bridgehead atoms. The summed E-state index contributed by atoms with van der Waals surface area (Å²) >= 11 is 7.41. The van der Waals surface area contributed by atoms with Crippen molar-refractivity contribution in [3.8, 4) is 22.8 Å². The molecule has 2 heterocycles. The predicted molar refractivity (Wildman–Crippen MR) is 152 cm³/mol. The summed E-state index contributed by atoms with van der Waals surface area (Å²) in [5, 5.41) is 4.96. The second-order valence-corrected chi connectivity index (χ2v) is 10.3. The Labute approximate surface area is 246 Å². The van der Waals surface area contributed by atoms with E-state index in [0.29, 0.717) is 28.6 Å². The van der Waals surface area contributed by atoms with E-state index in [0.717, 1.165) is 28.5 Å². The van der Waals surface area contributed by atoms with Gasteiger partial charge < -0.3 is 9.47 Å². The van der Waals surface area contributed by atoms with Crippen molar-refractivity contribution >= 4 is 46.2 Å². The second-order valence-electron chi connectivity index (χ2n) is 8.98. The molecule has 1 aliphatic heterocycles. The molecular formula is C28H21ClF3N5O4S. The maximum absolute atomic E-state index is 12.5. The van der Waals surface area contributed by atoms with E-state index in [4.69, 9.17) is 16.3 Å². The number of nitrogens with zero attached hydrogens (tertiary/aromatic N) is 5. The van der Waals surface area contributed by atoms with Crippen LogP contribution in [0.4, 0.5) is 23.7 Å². The highest BCUT2D eigenvalue weighted by Gasteiger charge is 2.32. The van der Waals surface area contributed by atoms with Crippen LogP contribution in [-0.4, -0.2) is 50.7 Å². The summed E-state index contributed by atoms with van der Waals surface area (Å²) in [6.07, 6.45) is -3.71. The number of anilines is 1. The van der Waals surface area contributed by atoms with Gasteiger partial charge in [0.2, 0.25) is 5.91 Å². The molecular weight excluding hydrogens is 595 g/mol. The summed E-state index contributed by atoms with van der Waals surface area (Å²) in [6, 6.07) is 17.8. The molecule has 0 unspecified atom stereocenters. The molecule has 1 saturated heterocycles. The van der Waals surface area contributed by atoms with Gasteiger partial charge in [-0.25, -0.2) is 14.5 Å².